The van der Waals surface area contributed by atoms with Crippen molar-refractivity contribution >= 4 is 5.78 Å². The Hall–Kier alpha value is -0.630. The van der Waals surface area contributed by atoms with E-state index in [-0.39, 0.29) is 11.5 Å². The lowest BCUT2D eigenvalue weighted by molar-refractivity contribution is -0.126. The van der Waals surface area contributed by atoms with Gasteiger partial charge in [0.05, 0.1) is 6.10 Å². The predicted molar refractivity (Wildman–Crippen MR) is 87.3 cm³/mol. The van der Waals surface area contributed by atoms with Crippen molar-refractivity contribution in [2.24, 2.45) is 35.0 Å². The van der Waals surface area contributed by atoms with E-state index in [4.69, 9.17) is 0 Å². The van der Waals surface area contributed by atoms with Crippen LogP contribution in [0.5, 0.6) is 0 Å². The summed E-state index contributed by atoms with van der Waals surface area (Å²) in [6.45, 7) is 4.63. The Bertz CT molecular complexity index is 508. The van der Waals surface area contributed by atoms with E-state index in [1.54, 1.807) is 5.57 Å². The third kappa shape index (κ3) is 1.99. The summed E-state index contributed by atoms with van der Waals surface area (Å²) in [7, 11) is 0. The van der Waals surface area contributed by atoms with Gasteiger partial charge in [-0.25, -0.2) is 0 Å². The van der Waals surface area contributed by atoms with E-state index in [0.717, 1.165) is 49.9 Å². The number of ketones is 1. The van der Waals surface area contributed by atoms with E-state index >= 15 is 0 Å². The summed E-state index contributed by atoms with van der Waals surface area (Å²) < 4.78 is 0. The largest absolute Gasteiger partial charge is 0.392 e. The molecule has 0 aromatic carbocycles. The molecule has 7 atom stereocenters. The minimum absolute atomic E-state index is 0.0475. The van der Waals surface area contributed by atoms with Crippen LogP contribution in [0.3, 0.4) is 0 Å². The van der Waals surface area contributed by atoms with Crippen molar-refractivity contribution in [1.82, 2.24) is 0 Å². The Morgan fingerprint density at radius 2 is 2.14 bits per heavy atom. The van der Waals surface area contributed by atoms with Crippen LogP contribution in [0.1, 0.15) is 65.2 Å². The summed E-state index contributed by atoms with van der Waals surface area (Å²) >= 11 is 0. The van der Waals surface area contributed by atoms with Gasteiger partial charge in [-0.2, -0.15) is 0 Å². The number of carbonyl (C=O) groups is 1. The van der Waals surface area contributed by atoms with E-state index in [1.807, 2.05) is 0 Å². The van der Waals surface area contributed by atoms with Crippen molar-refractivity contribution in [2.75, 3.05) is 0 Å². The highest BCUT2D eigenvalue weighted by Gasteiger charge is 2.55. The lowest BCUT2D eigenvalue weighted by Crippen LogP contribution is -2.49. The Morgan fingerprint density at radius 1 is 1.32 bits per heavy atom. The van der Waals surface area contributed by atoms with Crippen molar-refractivity contribution in [3.05, 3.63) is 11.6 Å². The Morgan fingerprint density at radius 3 is 2.91 bits per heavy atom. The van der Waals surface area contributed by atoms with Gasteiger partial charge >= 0.3 is 0 Å². The van der Waals surface area contributed by atoms with Crippen LogP contribution < -0.4 is 0 Å². The van der Waals surface area contributed by atoms with Gasteiger partial charge in [-0.15, -0.1) is 0 Å². The molecule has 4 aliphatic rings. The molecule has 2 heteroatoms. The first-order chi connectivity index (χ1) is 10.5. The minimum atomic E-state index is -0.161. The zero-order chi connectivity index (χ0) is 15.5. The molecule has 0 spiro atoms. The average molecular weight is 302 g/mol. The molecule has 122 valence electrons. The lowest BCUT2D eigenvalue weighted by Gasteiger charge is -2.56. The van der Waals surface area contributed by atoms with Crippen LogP contribution in [-0.4, -0.2) is 17.0 Å². The molecular weight excluding hydrogens is 272 g/mol. The first-order valence-electron chi connectivity index (χ1n) is 9.45. The molecule has 0 heterocycles. The fraction of sp³-hybridized carbons (Fsp3) is 0.850. The molecule has 0 saturated heterocycles. The third-order valence-electron chi connectivity index (χ3n) is 7.81. The molecule has 3 fully saturated rings. The van der Waals surface area contributed by atoms with Crippen LogP contribution in [0, 0.1) is 35.0 Å². The molecule has 0 amide bonds. The maximum atomic E-state index is 11.9. The van der Waals surface area contributed by atoms with Gasteiger partial charge in [0.1, 0.15) is 5.78 Å². The highest BCUT2D eigenvalue weighted by atomic mass is 16.3. The number of hydrogen-bond donors (Lipinski definition) is 1. The molecule has 0 bridgehead atoms. The molecule has 1 N–H and O–H groups in total. The molecule has 0 unspecified atom stereocenters. The number of hydrogen-bond acceptors (Lipinski definition) is 2. The Balaban J connectivity index is 1.68. The number of carbonyl (C=O) groups excluding carboxylic acids is 1. The van der Waals surface area contributed by atoms with Crippen LogP contribution >= 0.6 is 0 Å². The standard InChI is InChI=1S/C20H30O2/c1-3-12-10-13-11-14(21)4-5-15(13)16-8-9-20(2)17(19(12)16)6-7-18(20)22/h6,12-13,15-16,18-19,22H,3-5,7-11H2,1-2H3/t12-,13+,15+,16-,18+,19-,20+/m1/s1. The number of aliphatic hydroxyl groups is 1. The normalized spacial score (nSPS) is 50.9. The summed E-state index contributed by atoms with van der Waals surface area (Å²) in [5.41, 5.74) is 1.64. The molecule has 4 aliphatic carbocycles. The van der Waals surface area contributed by atoms with Gasteiger partial charge < -0.3 is 5.11 Å². The van der Waals surface area contributed by atoms with Crippen LogP contribution in [0.4, 0.5) is 0 Å². The summed E-state index contributed by atoms with van der Waals surface area (Å²) in [6.07, 6.45) is 10.8. The quantitative estimate of drug-likeness (QED) is 0.740. The van der Waals surface area contributed by atoms with Crippen LogP contribution in [0.2, 0.25) is 0 Å². The zero-order valence-corrected chi connectivity index (χ0v) is 14.1. The predicted octanol–water partition coefficient (Wildman–Crippen LogP) is 4.13. The molecule has 22 heavy (non-hydrogen) atoms. The van der Waals surface area contributed by atoms with Gasteiger partial charge in [0.2, 0.25) is 0 Å². The first kappa shape index (κ1) is 14.9. The van der Waals surface area contributed by atoms with Gasteiger partial charge in [0, 0.05) is 18.3 Å². The van der Waals surface area contributed by atoms with Gasteiger partial charge in [-0.05, 0) is 61.7 Å². The molecule has 0 aromatic heterocycles. The maximum Gasteiger partial charge on any atom is 0.133 e. The fourth-order valence-corrected chi connectivity index (χ4v) is 6.60. The summed E-state index contributed by atoms with van der Waals surface area (Å²) in [5.74, 6) is 4.13. The zero-order valence-electron chi connectivity index (χ0n) is 14.1. The van der Waals surface area contributed by atoms with Crippen molar-refractivity contribution in [2.45, 2.75) is 71.3 Å². The Labute approximate surface area is 134 Å². The first-order valence-corrected chi connectivity index (χ1v) is 9.45. The summed E-state index contributed by atoms with van der Waals surface area (Å²) in [4.78, 5) is 11.9. The minimum Gasteiger partial charge on any atom is -0.392 e. The second-order valence-electron chi connectivity index (χ2n) is 8.67. The van der Waals surface area contributed by atoms with Crippen LogP contribution in [0.25, 0.3) is 0 Å². The number of aliphatic hydroxyl groups excluding tert-OH is 1. The molecule has 3 saturated carbocycles. The highest BCUT2D eigenvalue weighted by Crippen LogP contribution is 2.62. The van der Waals surface area contributed by atoms with E-state index in [2.05, 4.69) is 19.9 Å². The van der Waals surface area contributed by atoms with Crippen LogP contribution in [-0.2, 0) is 4.79 Å². The Kier molecular flexibility index (Phi) is 3.52. The average Bonchev–Trinajstić information content (AvgIpc) is 2.81. The maximum absolute atomic E-state index is 11.9. The van der Waals surface area contributed by atoms with Crippen LogP contribution in [0.15, 0.2) is 11.6 Å². The lowest BCUT2D eigenvalue weighted by atomic mass is 9.49. The molecule has 2 nitrogen and oxygen atoms in total. The van der Waals surface area contributed by atoms with Crippen molar-refractivity contribution in [3.63, 3.8) is 0 Å². The van der Waals surface area contributed by atoms with E-state index in [1.165, 1.54) is 19.3 Å². The topological polar surface area (TPSA) is 37.3 Å². The smallest absolute Gasteiger partial charge is 0.133 e. The van der Waals surface area contributed by atoms with Crippen molar-refractivity contribution in [1.29, 1.82) is 0 Å². The van der Waals surface area contributed by atoms with Crippen molar-refractivity contribution in [3.8, 4) is 0 Å². The fourth-order valence-electron chi connectivity index (χ4n) is 6.60. The SMILES string of the molecule is CC[C@@H]1C[C@H]2CC(=O)CC[C@@H]2[C@H]2CC[C@@]3(C)C(=CC[C@@H]3O)[C@H]12. The molecule has 0 aliphatic heterocycles. The van der Waals surface area contributed by atoms with E-state index < -0.39 is 0 Å². The third-order valence-corrected chi connectivity index (χ3v) is 7.81. The summed E-state index contributed by atoms with van der Waals surface area (Å²) in [6, 6.07) is 0. The van der Waals surface area contributed by atoms with E-state index in [9.17, 15) is 9.90 Å². The molecule has 0 radical (unpaired) electrons. The summed E-state index contributed by atoms with van der Waals surface area (Å²) in [5, 5.41) is 10.5. The van der Waals surface area contributed by atoms with Gasteiger partial charge in [0.25, 0.3) is 0 Å². The molecule has 4 rings (SSSR count). The van der Waals surface area contributed by atoms with Gasteiger partial charge in [0.15, 0.2) is 0 Å². The molecule has 0 aromatic rings. The number of rotatable bonds is 1. The monoisotopic (exact) mass is 302 g/mol. The second kappa shape index (κ2) is 5.19. The molecular formula is C20H30O2. The highest BCUT2D eigenvalue weighted by molar-refractivity contribution is 5.79. The van der Waals surface area contributed by atoms with Crippen molar-refractivity contribution < 1.29 is 9.90 Å². The number of Topliss-reactive ketones (excluding diaryl/α,β-unsaturated/α-hetero) is 1. The number of fused-ring (bicyclic) bond motifs is 5. The second-order valence-corrected chi connectivity index (χ2v) is 8.67. The van der Waals surface area contributed by atoms with Gasteiger partial charge in [-0.3, -0.25) is 4.79 Å². The van der Waals surface area contributed by atoms with Gasteiger partial charge in [-0.1, -0.05) is 31.9 Å². The van der Waals surface area contributed by atoms with E-state index in [0.29, 0.717) is 17.6 Å².